The summed E-state index contributed by atoms with van der Waals surface area (Å²) in [5.41, 5.74) is 0.0713. The van der Waals surface area contributed by atoms with Crippen LogP contribution in [0, 0.1) is 5.92 Å². The van der Waals surface area contributed by atoms with E-state index in [1.165, 1.54) is 12.1 Å². The molecule has 1 atom stereocenters. The first-order valence-corrected chi connectivity index (χ1v) is 10.1. The summed E-state index contributed by atoms with van der Waals surface area (Å²) in [6.07, 6.45) is -4.39. The monoisotopic (exact) mass is 461 g/mol. The van der Waals surface area contributed by atoms with Crippen molar-refractivity contribution in [2.24, 2.45) is 5.92 Å². The van der Waals surface area contributed by atoms with Gasteiger partial charge in [-0.25, -0.2) is 4.79 Å². The minimum atomic E-state index is -4.51. The molecule has 1 heterocycles. The maximum atomic E-state index is 12.9. The van der Waals surface area contributed by atoms with Gasteiger partial charge in [0.2, 0.25) is 11.7 Å². The van der Waals surface area contributed by atoms with Crippen LogP contribution in [0.5, 0.6) is 0 Å². The van der Waals surface area contributed by atoms with Gasteiger partial charge in [0, 0.05) is 5.56 Å². The maximum Gasteiger partial charge on any atom is 0.416 e. The summed E-state index contributed by atoms with van der Waals surface area (Å²) in [5, 5.41) is 6.31. The number of amides is 1. The van der Waals surface area contributed by atoms with Crippen LogP contribution in [-0.4, -0.2) is 28.1 Å². The van der Waals surface area contributed by atoms with E-state index in [9.17, 15) is 22.8 Å². The number of carbonyl (C=O) groups excluding carboxylic acids is 2. The highest BCUT2D eigenvalue weighted by atomic mass is 19.4. The Balaban J connectivity index is 1.60. The summed E-state index contributed by atoms with van der Waals surface area (Å²) >= 11 is 0. The lowest BCUT2D eigenvalue weighted by atomic mass is 10.0. The highest BCUT2D eigenvalue weighted by Gasteiger charge is 2.31. The molecule has 0 fully saturated rings. The van der Waals surface area contributed by atoms with Gasteiger partial charge >= 0.3 is 12.1 Å². The fraction of sp³-hybridized carbons (Fsp3) is 0.304. The Morgan fingerprint density at radius 1 is 1.09 bits per heavy atom. The van der Waals surface area contributed by atoms with Crippen LogP contribution in [0.25, 0.3) is 11.4 Å². The van der Waals surface area contributed by atoms with Gasteiger partial charge in [-0.15, -0.1) is 0 Å². The molecule has 0 aliphatic rings. The molecule has 0 saturated carbocycles. The standard InChI is InChI=1S/C23H22F3N3O4/c1-14(2)20(27-18(30)11-15-7-4-3-5-8-15)22(31)32-13-19-28-21(29-33-19)16-9-6-10-17(12-16)23(24,25)26/h3-10,12,14,20H,11,13H2,1-2H3,(H,27,30)/t20-/m0/s1. The van der Waals surface area contributed by atoms with Crippen LogP contribution in [0.15, 0.2) is 59.1 Å². The number of hydrogen-bond acceptors (Lipinski definition) is 6. The van der Waals surface area contributed by atoms with E-state index in [0.29, 0.717) is 0 Å². The third-order valence-electron chi connectivity index (χ3n) is 4.70. The molecule has 0 unspecified atom stereocenters. The lowest BCUT2D eigenvalue weighted by molar-refractivity contribution is -0.151. The predicted octanol–water partition coefficient (Wildman–Crippen LogP) is 4.18. The fourth-order valence-electron chi connectivity index (χ4n) is 2.99. The molecule has 0 radical (unpaired) electrons. The topological polar surface area (TPSA) is 94.3 Å². The molecular weight excluding hydrogens is 439 g/mol. The second kappa shape index (κ2) is 10.3. The number of ether oxygens (including phenoxy) is 1. The Hall–Kier alpha value is -3.69. The Kier molecular flexibility index (Phi) is 7.47. The SMILES string of the molecule is CC(C)[C@H](NC(=O)Cc1ccccc1)C(=O)OCc1nc(-c2cccc(C(F)(F)F)c2)no1. The van der Waals surface area contributed by atoms with Crippen LogP contribution < -0.4 is 5.32 Å². The van der Waals surface area contributed by atoms with Gasteiger partial charge in [0.15, 0.2) is 6.61 Å². The zero-order valence-electron chi connectivity index (χ0n) is 17.9. The van der Waals surface area contributed by atoms with Gasteiger partial charge < -0.3 is 14.6 Å². The number of esters is 1. The lowest BCUT2D eigenvalue weighted by Gasteiger charge is -2.20. The Morgan fingerprint density at radius 2 is 1.82 bits per heavy atom. The first kappa shape index (κ1) is 24.0. The number of aromatic nitrogens is 2. The summed E-state index contributed by atoms with van der Waals surface area (Å²) in [7, 11) is 0. The number of carbonyl (C=O) groups is 2. The number of hydrogen-bond donors (Lipinski definition) is 1. The van der Waals surface area contributed by atoms with Crippen LogP contribution in [0.2, 0.25) is 0 Å². The van der Waals surface area contributed by atoms with E-state index in [0.717, 1.165) is 17.7 Å². The first-order chi connectivity index (χ1) is 15.6. The molecule has 0 aliphatic heterocycles. The Labute approximate surface area is 187 Å². The number of benzene rings is 2. The summed E-state index contributed by atoms with van der Waals surface area (Å²) < 4.78 is 48.9. The third-order valence-corrected chi connectivity index (χ3v) is 4.70. The van der Waals surface area contributed by atoms with Gasteiger partial charge in [0.25, 0.3) is 5.89 Å². The molecule has 1 N–H and O–H groups in total. The van der Waals surface area contributed by atoms with Crippen LogP contribution in [0.1, 0.15) is 30.9 Å². The molecule has 0 spiro atoms. The van der Waals surface area contributed by atoms with Crippen molar-refractivity contribution >= 4 is 11.9 Å². The number of nitrogens with zero attached hydrogens (tertiary/aromatic N) is 2. The zero-order valence-corrected chi connectivity index (χ0v) is 17.9. The largest absolute Gasteiger partial charge is 0.454 e. The highest BCUT2D eigenvalue weighted by Crippen LogP contribution is 2.31. The van der Waals surface area contributed by atoms with E-state index in [4.69, 9.17) is 9.26 Å². The minimum Gasteiger partial charge on any atom is -0.454 e. The van der Waals surface area contributed by atoms with Gasteiger partial charge in [-0.05, 0) is 23.6 Å². The van der Waals surface area contributed by atoms with E-state index in [1.807, 2.05) is 18.2 Å². The van der Waals surface area contributed by atoms with Crippen molar-refractivity contribution in [1.82, 2.24) is 15.5 Å². The second-order valence-electron chi connectivity index (χ2n) is 7.65. The summed E-state index contributed by atoms with van der Waals surface area (Å²) in [6, 6.07) is 12.7. The molecule has 2 aromatic carbocycles. The zero-order chi connectivity index (χ0) is 24.0. The van der Waals surface area contributed by atoms with Crippen molar-refractivity contribution in [3.05, 3.63) is 71.6 Å². The molecule has 10 heteroatoms. The number of nitrogens with one attached hydrogen (secondary N) is 1. The average molecular weight is 461 g/mol. The summed E-state index contributed by atoms with van der Waals surface area (Å²) in [5.74, 6) is -1.43. The first-order valence-electron chi connectivity index (χ1n) is 10.1. The van der Waals surface area contributed by atoms with Gasteiger partial charge in [0.05, 0.1) is 12.0 Å². The van der Waals surface area contributed by atoms with Crippen molar-refractivity contribution in [3.63, 3.8) is 0 Å². The quantitative estimate of drug-likeness (QED) is 0.506. The Morgan fingerprint density at radius 3 is 2.48 bits per heavy atom. The highest BCUT2D eigenvalue weighted by molar-refractivity contribution is 5.85. The molecule has 0 saturated heterocycles. The molecule has 7 nitrogen and oxygen atoms in total. The molecule has 0 bridgehead atoms. The molecule has 174 valence electrons. The third kappa shape index (κ3) is 6.64. The van der Waals surface area contributed by atoms with Gasteiger partial charge in [-0.2, -0.15) is 18.2 Å². The van der Waals surface area contributed by atoms with E-state index in [2.05, 4.69) is 15.5 Å². The molecule has 0 aliphatic carbocycles. The van der Waals surface area contributed by atoms with E-state index in [1.54, 1.807) is 26.0 Å². The molecule has 3 aromatic rings. The number of halogens is 3. The molecule has 1 aromatic heterocycles. The van der Waals surface area contributed by atoms with Gasteiger partial charge in [0.1, 0.15) is 6.04 Å². The van der Waals surface area contributed by atoms with Crippen LogP contribution in [0.3, 0.4) is 0 Å². The van der Waals surface area contributed by atoms with Crippen molar-refractivity contribution in [3.8, 4) is 11.4 Å². The van der Waals surface area contributed by atoms with E-state index in [-0.39, 0.29) is 42.1 Å². The molecular formula is C23H22F3N3O4. The Bertz CT molecular complexity index is 1100. The van der Waals surface area contributed by atoms with E-state index >= 15 is 0 Å². The summed E-state index contributed by atoms with van der Waals surface area (Å²) in [4.78, 5) is 28.8. The smallest absolute Gasteiger partial charge is 0.416 e. The fourth-order valence-corrected chi connectivity index (χ4v) is 2.99. The van der Waals surface area contributed by atoms with Crippen LogP contribution >= 0.6 is 0 Å². The predicted molar refractivity (Wildman–Crippen MR) is 111 cm³/mol. The average Bonchev–Trinajstić information content (AvgIpc) is 3.25. The van der Waals surface area contributed by atoms with Gasteiger partial charge in [-0.3, -0.25) is 4.79 Å². The second-order valence-corrected chi connectivity index (χ2v) is 7.65. The van der Waals surface area contributed by atoms with Crippen molar-refractivity contribution in [2.75, 3.05) is 0 Å². The minimum absolute atomic E-state index is 0.0660. The normalized spacial score (nSPS) is 12.4. The number of rotatable bonds is 8. The van der Waals surface area contributed by atoms with E-state index < -0.39 is 23.8 Å². The number of alkyl halides is 3. The maximum absolute atomic E-state index is 12.9. The lowest BCUT2D eigenvalue weighted by Crippen LogP contribution is -2.45. The van der Waals surface area contributed by atoms with Gasteiger partial charge in [-0.1, -0.05) is 61.5 Å². The van der Waals surface area contributed by atoms with Crippen LogP contribution in [-0.2, 0) is 33.5 Å². The molecule has 33 heavy (non-hydrogen) atoms. The summed E-state index contributed by atoms with van der Waals surface area (Å²) in [6.45, 7) is 3.13. The van der Waals surface area contributed by atoms with Crippen molar-refractivity contribution < 1.29 is 32.0 Å². The molecule has 1 amide bonds. The van der Waals surface area contributed by atoms with Crippen LogP contribution in [0.4, 0.5) is 13.2 Å². The van der Waals surface area contributed by atoms with Crippen molar-refractivity contribution in [2.45, 2.75) is 39.1 Å². The van der Waals surface area contributed by atoms with Crippen molar-refractivity contribution in [1.29, 1.82) is 0 Å². The molecule has 3 rings (SSSR count).